The molecule has 2 amide bonds. The lowest BCUT2D eigenvalue weighted by atomic mass is 10.1. The number of rotatable bonds is 2. The van der Waals surface area contributed by atoms with Crippen molar-refractivity contribution in [3.8, 4) is 11.3 Å². The zero-order valence-corrected chi connectivity index (χ0v) is 10.2. The molecule has 1 aliphatic rings. The molecule has 1 aromatic heterocycles. The van der Waals surface area contributed by atoms with E-state index >= 15 is 0 Å². The minimum atomic E-state index is -0.393. The van der Waals surface area contributed by atoms with E-state index in [1.54, 1.807) is 10.9 Å². The average Bonchev–Trinajstić information content (AvgIpc) is 2.89. The summed E-state index contributed by atoms with van der Waals surface area (Å²) in [4.78, 5) is 22.9. The van der Waals surface area contributed by atoms with Crippen LogP contribution in [0.2, 0.25) is 0 Å². The molecule has 96 valence electrons. The van der Waals surface area contributed by atoms with Gasteiger partial charge < -0.3 is 0 Å². The highest BCUT2D eigenvalue weighted by Gasteiger charge is 2.28. The molecule has 0 radical (unpaired) electrons. The molecule has 1 fully saturated rings. The fourth-order valence-electron chi connectivity index (χ4n) is 2.21. The highest BCUT2D eigenvalue weighted by atomic mass is 16.2. The first-order valence-electron chi connectivity index (χ1n) is 6.18. The van der Waals surface area contributed by atoms with E-state index in [4.69, 9.17) is 0 Å². The van der Waals surface area contributed by atoms with Crippen molar-refractivity contribution < 1.29 is 9.59 Å². The first-order valence-corrected chi connectivity index (χ1v) is 6.18. The van der Waals surface area contributed by atoms with Gasteiger partial charge in [0.25, 0.3) is 5.91 Å². The summed E-state index contributed by atoms with van der Waals surface area (Å²) < 4.78 is 1.63. The molecule has 5 nitrogen and oxygen atoms in total. The molecule has 2 heterocycles. The van der Waals surface area contributed by atoms with Gasteiger partial charge in [0.15, 0.2) is 0 Å². The van der Waals surface area contributed by atoms with Crippen LogP contribution in [0.5, 0.6) is 0 Å². The van der Waals surface area contributed by atoms with E-state index < -0.39 is 6.04 Å². The van der Waals surface area contributed by atoms with E-state index in [1.165, 1.54) is 0 Å². The molecule has 0 aliphatic carbocycles. The summed E-state index contributed by atoms with van der Waals surface area (Å²) in [5, 5.41) is 6.76. The fraction of sp³-hybridized carbons (Fsp3) is 0.214. The number of hydrogen-bond donors (Lipinski definition) is 1. The molecule has 1 aliphatic heterocycles. The van der Waals surface area contributed by atoms with Crippen molar-refractivity contribution in [1.82, 2.24) is 15.1 Å². The molecule has 3 rings (SSSR count). The summed E-state index contributed by atoms with van der Waals surface area (Å²) >= 11 is 0. The van der Waals surface area contributed by atoms with Crippen LogP contribution >= 0.6 is 0 Å². The largest absolute Gasteiger partial charge is 0.295 e. The van der Waals surface area contributed by atoms with Crippen molar-refractivity contribution >= 4 is 11.8 Å². The Labute approximate surface area is 110 Å². The van der Waals surface area contributed by atoms with Gasteiger partial charge in [-0.25, -0.2) is 0 Å². The zero-order chi connectivity index (χ0) is 13.2. The molecule has 1 atom stereocenters. The monoisotopic (exact) mass is 255 g/mol. The van der Waals surface area contributed by atoms with E-state index in [2.05, 4.69) is 10.4 Å². The second-order valence-corrected chi connectivity index (χ2v) is 4.51. The van der Waals surface area contributed by atoms with Crippen molar-refractivity contribution in [2.45, 2.75) is 18.9 Å². The average molecular weight is 255 g/mol. The van der Waals surface area contributed by atoms with Gasteiger partial charge >= 0.3 is 0 Å². The number of amides is 2. The summed E-state index contributed by atoms with van der Waals surface area (Å²) in [6, 6.07) is 11.3. The Morgan fingerprint density at radius 3 is 2.68 bits per heavy atom. The van der Waals surface area contributed by atoms with Gasteiger partial charge in [-0.05, 0) is 12.5 Å². The number of hydrogen-bond acceptors (Lipinski definition) is 3. The Morgan fingerprint density at radius 1 is 1.16 bits per heavy atom. The van der Waals surface area contributed by atoms with E-state index in [0.717, 1.165) is 11.3 Å². The lowest BCUT2D eigenvalue weighted by Gasteiger charge is -2.20. The Balaban J connectivity index is 1.86. The number of carbonyl (C=O) groups excluding carboxylic acids is 2. The Bertz CT molecular complexity index is 619. The van der Waals surface area contributed by atoms with Crippen LogP contribution in [0.25, 0.3) is 11.3 Å². The third-order valence-corrected chi connectivity index (χ3v) is 3.21. The van der Waals surface area contributed by atoms with Gasteiger partial charge in [0.1, 0.15) is 6.04 Å². The number of benzene rings is 1. The third kappa shape index (κ3) is 2.27. The van der Waals surface area contributed by atoms with E-state index in [1.807, 2.05) is 36.4 Å². The minimum Gasteiger partial charge on any atom is -0.295 e. The fourth-order valence-corrected chi connectivity index (χ4v) is 2.21. The molecule has 0 bridgehead atoms. The lowest BCUT2D eigenvalue weighted by molar-refractivity contribution is -0.135. The summed E-state index contributed by atoms with van der Waals surface area (Å²) in [5.74, 6) is -0.490. The van der Waals surface area contributed by atoms with Gasteiger partial charge in [-0.15, -0.1) is 0 Å². The van der Waals surface area contributed by atoms with E-state index in [-0.39, 0.29) is 11.8 Å². The van der Waals surface area contributed by atoms with Crippen molar-refractivity contribution in [2.24, 2.45) is 0 Å². The number of nitrogens with one attached hydrogen (secondary N) is 1. The van der Waals surface area contributed by atoms with Crippen molar-refractivity contribution in [2.75, 3.05) is 0 Å². The van der Waals surface area contributed by atoms with Gasteiger partial charge in [-0.2, -0.15) is 5.10 Å². The van der Waals surface area contributed by atoms with Crippen LogP contribution < -0.4 is 5.32 Å². The SMILES string of the molecule is O=C1CCC(n2ccc(-c3ccccc3)n2)C(=O)N1. The van der Waals surface area contributed by atoms with Gasteiger partial charge in [-0.3, -0.25) is 19.6 Å². The summed E-state index contributed by atoms with van der Waals surface area (Å²) in [6.07, 6.45) is 2.64. The topological polar surface area (TPSA) is 64.0 Å². The number of aromatic nitrogens is 2. The molecule has 5 heteroatoms. The molecule has 1 aromatic carbocycles. The second-order valence-electron chi connectivity index (χ2n) is 4.51. The lowest BCUT2D eigenvalue weighted by Crippen LogP contribution is -2.41. The third-order valence-electron chi connectivity index (χ3n) is 3.21. The molecule has 19 heavy (non-hydrogen) atoms. The number of nitrogens with zero attached hydrogens (tertiary/aromatic N) is 2. The maximum Gasteiger partial charge on any atom is 0.251 e. The van der Waals surface area contributed by atoms with Crippen LogP contribution in [-0.4, -0.2) is 21.6 Å². The van der Waals surface area contributed by atoms with Crippen molar-refractivity contribution in [1.29, 1.82) is 0 Å². The van der Waals surface area contributed by atoms with Crippen LogP contribution in [-0.2, 0) is 9.59 Å². The summed E-state index contributed by atoms with van der Waals surface area (Å²) in [5.41, 5.74) is 1.83. The van der Waals surface area contributed by atoms with Crippen LogP contribution in [0.15, 0.2) is 42.6 Å². The maximum absolute atomic E-state index is 11.8. The van der Waals surface area contributed by atoms with Gasteiger partial charge in [0.05, 0.1) is 5.69 Å². The minimum absolute atomic E-state index is 0.211. The predicted molar refractivity (Wildman–Crippen MR) is 69.1 cm³/mol. The second kappa shape index (κ2) is 4.68. The normalized spacial score (nSPS) is 19.3. The summed E-state index contributed by atoms with van der Waals surface area (Å²) in [7, 11) is 0. The molecule has 1 saturated heterocycles. The maximum atomic E-state index is 11.8. The summed E-state index contributed by atoms with van der Waals surface area (Å²) in [6.45, 7) is 0. The van der Waals surface area contributed by atoms with Gasteiger partial charge in [-0.1, -0.05) is 30.3 Å². The van der Waals surface area contributed by atoms with Crippen LogP contribution in [0, 0.1) is 0 Å². The molecule has 0 spiro atoms. The first-order chi connectivity index (χ1) is 9.24. The number of imide groups is 1. The standard InChI is InChI=1S/C14H13N3O2/c18-13-7-6-12(14(19)15-13)17-9-8-11(16-17)10-4-2-1-3-5-10/h1-5,8-9,12H,6-7H2,(H,15,18,19). The molecular formula is C14H13N3O2. The van der Waals surface area contributed by atoms with Crippen LogP contribution in [0.4, 0.5) is 0 Å². The van der Waals surface area contributed by atoms with Crippen LogP contribution in [0.3, 0.4) is 0 Å². The molecular weight excluding hydrogens is 242 g/mol. The van der Waals surface area contributed by atoms with Gasteiger partial charge in [0.2, 0.25) is 5.91 Å². The van der Waals surface area contributed by atoms with Crippen LogP contribution in [0.1, 0.15) is 18.9 Å². The first kappa shape index (κ1) is 11.6. The van der Waals surface area contributed by atoms with E-state index in [0.29, 0.717) is 12.8 Å². The number of piperidine rings is 1. The highest BCUT2D eigenvalue weighted by Crippen LogP contribution is 2.21. The quantitative estimate of drug-likeness (QED) is 0.828. The Hall–Kier alpha value is -2.43. The van der Waals surface area contributed by atoms with Crippen molar-refractivity contribution in [3.05, 3.63) is 42.6 Å². The molecule has 1 unspecified atom stereocenters. The molecule has 1 N–H and O–H groups in total. The molecule has 2 aromatic rings. The van der Waals surface area contributed by atoms with Crippen molar-refractivity contribution in [3.63, 3.8) is 0 Å². The Morgan fingerprint density at radius 2 is 1.95 bits per heavy atom. The molecule has 0 saturated carbocycles. The highest BCUT2D eigenvalue weighted by molar-refractivity contribution is 5.99. The Kier molecular flexibility index (Phi) is 2.87. The predicted octanol–water partition coefficient (Wildman–Crippen LogP) is 1.53. The van der Waals surface area contributed by atoms with E-state index in [9.17, 15) is 9.59 Å². The van der Waals surface area contributed by atoms with Gasteiger partial charge in [0, 0.05) is 18.2 Å². The smallest absolute Gasteiger partial charge is 0.251 e. The zero-order valence-electron chi connectivity index (χ0n) is 10.2. The number of carbonyl (C=O) groups is 2.